The molecule has 2 aliphatic rings. The summed E-state index contributed by atoms with van der Waals surface area (Å²) in [5, 5.41) is 16.8. The number of hydrogen-bond donors (Lipinski definition) is 2. The van der Waals surface area contributed by atoms with Crippen LogP contribution in [0.2, 0.25) is 10.0 Å². The van der Waals surface area contributed by atoms with Crippen LogP contribution in [-0.2, 0) is 22.4 Å². The molecule has 31 heavy (non-hydrogen) atoms. The monoisotopic (exact) mass is 476 g/mol. The molecule has 0 spiro atoms. The standard InChI is InChI=1S/C22H22Cl2N4O2S/c23-13-9-14(24)11-15(10-13)26-21(30)18-4-2-7-28(18)8-6-20(29)27-22-17(12-25)16-3-1-5-19(16)31-22/h9-11,18H,1-8H2,(H,26,30)(H,27,29). The number of nitrogens with one attached hydrogen (secondary N) is 2. The molecule has 1 aromatic carbocycles. The van der Waals surface area contributed by atoms with Crippen molar-refractivity contribution in [2.24, 2.45) is 0 Å². The van der Waals surface area contributed by atoms with Crippen molar-refractivity contribution in [1.82, 2.24) is 4.90 Å². The number of halogens is 2. The van der Waals surface area contributed by atoms with Crippen molar-refractivity contribution in [2.75, 3.05) is 23.7 Å². The van der Waals surface area contributed by atoms with E-state index in [0.717, 1.165) is 44.2 Å². The first-order chi connectivity index (χ1) is 14.9. The summed E-state index contributed by atoms with van der Waals surface area (Å²) < 4.78 is 0. The summed E-state index contributed by atoms with van der Waals surface area (Å²) in [5.41, 5.74) is 2.27. The number of thiophene rings is 1. The fraction of sp³-hybridized carbons (Fsp3) is 0.409. The lowest BCUT2D eigenvalue weighted by atomic mass is 10.1. The van der Waals surface area contributed by atoms with Crippen LogP contribution < -0.4 is 10.6 Å². The van der Waals surface area contributed by atoms with Gasteiger partial charge < -0.3 is 10.6 Å². The number of aryl methyl sites for hydroxylation is 1. The first kappa shape index (κ1) is 22.1. The van der Waals surface area contributed by atoms with Crippen LogP contribution in [0.25, 0.3) is 0 Å². The largest absolute Gasteiger partial charge is 0.325 e. The second-order valence-electron chi connectivity index (χ2n) is 7.81. The van der Waals surface area contributed by atoms with Gasteiger partial charge in [-0.15, -0.1) is 11.3 Å². The molecular formula is C22H22Cl2N4O2S. The number of fused-ring (bicyclic) bond motifs is 1. The van der Waals surface area contributed by atoms with Gasteiger partial charge >= 0.3 is 0 Å². The van der Waals surface area contributed by atoms with Gasteiger partial charge in [0.2, 0.25) is 11.8 Å². The van der Waals surface area contributed by atoms with E-state index < -0.39 is 0 Å². The maximum atomic E-state index is 12.8. The molecule has 1 unspecified atom stereocenters. The lowest BCUT2D eigenvalue weighted by Crippen LogP contribution is -2.40. The van der Waals surface area contributed by atoms with E-state index in [1.165, 1.54) is 16.2 Å². The summed E-state index contributed by atoms with van der Waals surface area (Å²) in [4.78, 5) is 28.5. The molecule has 1 saturated heterocycles. The van der Waals surface area contributed by atoms with E-state index in [0.29, 0.717) is 32.8 Å². The average molecular weight is 477 g/mol. The molecule has 9 heteroatoms. The third-order valence-electron chi connectivity index (χ3n) is 5.71. The van der Waals surface area contributed by atoms with E-state index in [4.69, 9.17) is 23.2 Å². The Labute approximate surface area is 195 Å². The predicted octanol–water partition coefficient (Wildman–Crippen LogP) is 4.85. The van der Waals surface area contributed by atoms with E-state index in [2.05, 4.69) is 16.7 Å². The molecule has 2 amide bonds. The molecule has 6 nitrogen and oxygen atoms in total. The summed E-state index contributed by atoms with van der Waals surface area (Å²) in [5.74, 6) is -0.262. The molecule has 2 heterocycles. The van der Waals surface area contributed by atoms with E-state index in [9.17, 15) is 14.9 Å². The topological polar surface area (TPSA) is 85.2 Å². The maximum absolute atomic E-state index is 12.8. The molecule has 1 aliphatic carbocycles. The maximum Gasteiger partial charge on any atom is 0.241 e. The highest BCUT2D eigenvalue weighted by Gasteiger charge is 2.31. The first-order valence-electron chi connectivity index (χ1n) is 10.3. The first-order valence-corrected chi connectivity index (χ1v) is 11.9. The summed E-state index contributed by atoms with van der Waals surface area (Å²) in [6, 6.07) is 6.87. The molecule has 1 aromatic heterocycles. The quantitative estimate of drug-likeness (QED) is 0.623. The summed E-state index contributed by atoms with van der Waals surface area (Å²) in [6.45, 7) is 1.24. The molecule has 0 radical (unpaired) electrons. The molecule has 4 rings (SSSR count). The summed E-state index contributed by atoms with van der Waals surface area (Å²) in [6.07, 6.45) is 4.86. The fourth-order valence-electron chi connectivity index (χ4n) is 4.29. The zero-order chi connectivity index (χ0) is 22.0. The minimum atomic E-state index is -0.300. The molecule has 2 aromatic rings. The van der Waals surface area contributed by atoms with Gasteiger partial charge in [-0.3, -0.25) is 14.5 Å². The van der Waals surface area contributed by atoms with Crippen LogP contribution in [0.5, 0.6) is 0 Å². The average Bonchev–Trinajstić information content (AvgIpc) is 3.41. The molecule has 0 bridgehead atoms. The van der Waals surface area contributed by atoms with Gasteiger partial charge in [0.05, 0.1) is 11.6 Å². The number of nitrogens with zero attached hydrogens (tertiary/aromatic N) is 2. The molecule has 2 N–H and O–H groups in total. The minimum absolute atomic E-state index is 0.127. The molecule has 1 fully saturated rings. The number of carbonyl (C=O) groups is 2. The highest BCUT2D eigenvalue weighted by atomic mass is 35.5. The van der Waals surface area contributed by atoms with E-state index in [1.54, 1.807) is 18.2 Å². The van der Waals surface area contributed by atoms with Crippen molar-refractivity contribution in [1.29, 1.82) is 5.26 Å². The van der Waals surface area contributed by atoms with Gasteiger partial charge in [-0.2, -0.15) is 5.26 Å². The molecule has 162 valence electrons. The Kier molecular flexibility index (Phi) is 6.83. The van der Waals surface area contributed by atoms with Crippen molar-refractivity contribution in [3.05, 3.63) is 44.2 Å². The van der Waals surface area contributed by atoms with Gasteiger partial charge in [0, 0.05) is 33.6 Å². The smallest absolute Gasteiger partial charge is 0.241 e. The van der Waals surface area contributed by atoms with Crippen LogP contribution in [-0.4, -0.2) is 35.8 Å². The van der Waals surface area contributed by atoms with Crippen LogP contribution in [0.15, 0.2) is 18.2 Å². The SMILES string of the molecule is N#Cc1c(NC(=O)CCN2CCCC2C(=O)Nc2cc(Cl)cc(Cl)c2)sc2c1CCC2. The van der Waals surface area contributed by atoms with Crippen LogP contribution in [0.4, 0.5) is 10.7 Å². The Balaban J connectivity index is 1.33. The number of nitriles is 1. The molecular weight excluding hydrogens is 455 g/mol. The highest BCUT2D eigenvalue weighted by Crippen LogP contribution is 2.38. The van der Waals surface area contributed by atoms with Gasteiger partial charge in [-0.1, -0.05) is 23.2 Å². The van der Waals surface area contributed by atoms with Crippen LogP contribution >= 0.6 is 34.5 Å². The van der Waals surface area contributed by atoms with Gasteiger partial charge in [0.15, 0.2) is 0 Å². The van der Waals surface area contributed by atoms with Crippen molar-refractivity contribution >= 4 is 57.0 Å². The second kappa shape index (κ2) is 9.58. The lowest BCUT2D eigenvalue weighted by Gasteiger charge is -2.23. The van der Waals surface area contributed by atoms with Crippen molar-refractivity contribution in [3.8, 4) is 6.07 Å². The lowest BCUT2D eigenvalue weighted by molar-refractivity contribution is -0.121. The Hall–Kier alpha value is -2.11. The number of likely N-dealkylation sites (tertiary alicyclic amines) is 1. The van der Waals surface area contributed by atoms with Crippen LogP contribution in [0.3, 0.4) is 0 Å². The van der Waals surface area contributed by atoms with Crippen molar-refractivity contribution in [2.45, 2.75) is 44.6 Å². The van der Waals surface area contributed by atoms with Crippen molar-refractivity contribution < 1.29 is 9.59 Å². The van der Waals surface area contributed by atoms with Crippen LogP contribution in [0.1, 0.15) is 41.7 Å². The van der Waals surface area contributed by atoms with E-state index in [-0.39, 0.29) is 24.3 Å². The minimum Gasteiger partial charge on any atom is -0.325 e. The van der Waals surface area contributed by atoms with E-state index >= 15 is 0 Å². The number of anilines is 2. The number of benzene rings is 1. The number of amides is 2. The zero-order valence-corrected chi connectivity index (χ0v) is 19.2. The van der Waals surface area contributed by atoms with Gasteiger partial charge in [-0.05, 0) is 62.4 Å². The molecule has 0 saturated carbocycles. The van der Waals surface area contributed by atoms with Crippen molar-refractivity contribution in [3.63, 3.8) is 0 Å². The van der Waals surface area contributed by atoms with Crippen LogP contribution in [0, 0.1) is 11.3 Å². The number of hydrogen-bond acceptors (Lipinski definition) is 5. The highest BCUT2D eigenvalue weighted by molar-refractivity contribution is 7.16. The second-order valence-corrected chi connectivity index (χ2v) is 9.79. The Morgan fingerprint density at radius 3 is 2.68 bits per heavy atom. The molecule has 1 aliphatic heterocycles. The van der Waals surface area contributed by atoms with Gasteiger partial charge in [0.25, 0.3) is 0 Å². The normalized spacial score (nSPS) is 17.9. The zero-order valence-electron chi connectivity index (χ0n) is 16.8. The molecule has 1 atom stereocenters. The summed E-state index contributed by atoms with van der Waals surface area (Å²) in [7, 11) is 0. The third-order valence-corrected chi connectivity index (χ3v) is 7.35. The summed E-state index contributed by atoms with van der Waals surface area (Å²) >= 11 is 13.5. The Morgan fingerprint density at radius 1 is 1.16 bits per heavy atom. The Morgan fingerprint density at radius 2 is 1.94 bits per heavy atom. The number of rotatable bonds is 6. The van der Waals surface area contributed by atoms with E-state index in [1.807, 2.05) is 4.90 Å². The Bertz CT molecular complexity index is 1040. The fourth-order valence-corrected chi connectivity index (χ4v) is 6.07. The van der Waals surface area contributed by atoms with Gasteiger partial charge in [0.1, 0.15) is 11.1 Å². The van der Waals surface area contributed by atoms with Gasteiger partial charge in [-0.25, -0.2) is 0 Å². The predicted molar refractivity (Wildman–Crippen MR) is 124 cm³/mol. The number of carbonyl (C=O) groups excluding carboxylic acids is 2. The third kappa shape index (κ3) is 5.04.